The van der Waals surface area contributed by atoms with Crippen molar-refractivity contribution in [2.75, 3.05) is 79.1 Å². The quantitative estimate of drug-likeness (QED) is 0.0165. The summed E-state index contributed by atoms with van der Waals surface area (Å²) in [6.45, 7) is 5.14. The van der Waals surface area contributed by atoms with Crippen molar-refractivity contribution < 1.29 is 86.9 Å². The van der Waals surface area contributed by atoms with Gasteiger partial charge in [-0.05, 0) is 86.6 Å². The topological polar surface area (TPSA) is 598 Å². The Morgan fingerprint density at radius 1 is 0.534 bits per heavy atom. The smallest absolute Gasteiger partial charge is 0.248 e. The van der Waals surface area contributed by atoms with Crippen LogP contribution >= 0.6 is 11.8 Å². The number of guanidine groups is 1. The standard InChI is InChI=1S/C89H127N23O18S/c1-10-12-15-32-72-88(130)110(8)70(31-13-11-2)82(124)101-61(30-22-34-94-89(91)92)78(120)107-69(77(119)97-44-73(90)115)48-131-49-75(117)100-65(37-53-24-16-14-17-25-53)85(127)109(7)52(5)76(118)106-68(47-114)87(129)112-35-23-33-71(112)83(125)102-63(40-56-43-93-50-98-56)80(122)103-64(36-51(3)4)84(126)108(6)45-74(116)99-62(38-54-41-95-59-28-20-18-26-57(54)59)79(121)105-67(46-113)81(123)104-66(86(128)111(72)9)39-55-42-96-60-29-21-19-27-58(55)60/h14,16-21,24-29,41-43,50-52,61-72,95-96,113-114H,10-13,15,22-23,30-40,44-49H2,1-9H3,(H2,90,115)(H,93,98)(H,97,119)(H,99,116)(H,100,117)(H,101,124)(H,102,125)(H,103,122)(H,104,123)(H,105,121)(H,106,118)(H,107,120)(H4,91,92,94)/t52-,61-,62-,63-,64-,65-,66-,67-,68-,69-,70-,71-,72-/m0/s1. The summed E-state index contributed by atoms with van der Waals surface area (Å²) in [5.74, 6) is -15.7. The number of amides is 16. The number of nitrogens with one attached hydrogen (secondary N) is 15. The molecular weight excluding hydrogens is 1710 g/mol. The van der Waals surface area contributed by atoms with E-state index < -0.39 is 217 Å². The van der Waals surface area contributed by atoms with Gasteiger partial charge >= 0.3 is 0 Å². The molecule has 0 aliphatic carbocycles. The zero-order valence-electron chi connectivity index (χ0n) is 75.5. The van der Waals surface area contributed by atoms with E-state index in [4.69, 9.17) is 16.9 Å². The minimum atomic E-state index is -1.84. The number of benzene rings is 3. The van der Waals surface area contributed by atoms with Crippen LogP contribution < -0.4 is 70.0 Å². The van der Waals surface area contributed by atoms with E-state index in [0.29, 0.717) is 76.3 Å². The highest BCUT2D eigenvalue weighted by molar-refractivity contribution is 8.00. The average molecular weight is 1840 g/mol. The maximum absolute atomic E-state index is 15.8. The van der Waals surface area contributed by atoms with Gasteiger partial charge < -0.3 is 120 Å². The van der Waals surface area contributed by atoms with Crippen molar-refractivity contribution in [2.45, 2.75) is 216 Å². The Bertz CT molecular complexity index is 4950. The van der Waals surface area contributed by atoms with Gasteiger partial charge in [0.2, 0.25) is 94.5 Å². The summed E-state index contributed by atoms with van der Waals surface area (Å²) in [5, 5.41) is 60.3. The van der Waals surface area contributed by atoms with Crippen LogP contribution in [-0.2, 0) is 102 Å². The molecule has 42 heteroatoms. The molecule has 712 valence electrons. The van der Waals surface area contributed by atoms with E-state index in [1.165, 1.54) is 57.4 Å². The number of thioether (sulfide) groups is 1. The van der Waals surface area contributed by atoms with Crippen molar-refractivity contribution >= 4 is 134 Å². The summed E-state index contributed by atoms with van der Waals surface area (Å²) in [5.41, 5.74) is 14.4. The number of hydrogen-bond acceptors (Lipinski definition) is 21. The lowest BCUT2D eigenvalue weighted by molar-refractivity contribution is -0.149. The predicted octanol–water partition coefficient (Wildman–Crippen LogP) is -1.63. The number of likely N-dealkylation sites (N-methyl/N-ethyl adjacent to an activating group) is 4. The summed E-state index contributed by atoms with van der Waals surface area (Å²) >= 11 is 0.808. The fourth-order valence-corrected chi connectivity index (χ4v) is 16.6. The summed E-state index contributed by atoms with van der Waals surface area (Å²) in [6, 6.07) is 3.28. The van der Waals surface area contributed by atoms with Crippen molar-refractivity contribution in [3.05, 3.63) is 126 Å². The lowest BCUT2D eigenvalue weighted by atomic mass is 9.99. The summed E-state index contributed by atoms with van der Waals surface area (Å²) < 4.78 is 0. The van der Waals surface area contributed by atoms with Crippen LogP contribution in [0.25, 0.3) is 21.8 Å². The molecule has 16 amide bonds. The first-order valence-electron chi connectivity index (χ1n) is 44.2. The number of nitrogens with two attached hydrogens (primary N) is 2. The van der Waals surface area contributed by atoms with Gasteiger partial charge in [0.1, 0.15) is 78.5 Å². The summed E-state index contributed by atoms with van der Waals surface area (Å²) in [7, 11) is 5.30. The number of H-pyrrole nitrogens is 3. The number of carbonyl (C=O) groups excluding carboxylic acids is 16. The molecule has 21 N–H and O–H groups in total. The number of unbranched alkanes of at least 4 members (excludes halogenated alkanes) is 3. The number of hydrogen-bond donors (Lipinski definition) is 19. The first-order chi connectivity index (χ1) is 62.6. The molecule has 0 radical (unpaired) electrons. The molecule has 2 aliphatic rings. The van der Waals surface area contributed by atoms with Gasteiger partial charge in [-0.1, -0.05) is 127 Å². The SMILES string of the molecule is CCCCC[C@H]1C(=O)N(C)[C@@H](CCCC)C(=O)N[C@@H](CCCNC(=N)N)C(=O)N[C@H](C(=O)NCC(N)=O)CSCC(=O)N[C@@H](Cc2ccccc2)C(=O)N(C)[C@@H](C)C(=O)N[C@@H](CO)C(=O)N2CCC[C@H]2C(=O)N[C@@H](Cc2cnc[nH]2)C(=O)N[C@@H](CC(C)C)C(=O)N(C)CC(=O)N[C@@H](Cc2c[nH]c3ccccc23)C(=O)N[C@@H](CO)C(=O)N[C@@H](Cc2c[nH]c3ccccc23)C(=O)N1C. The Labute approximate surface area is 764 Å². The summed E-state index contributed by atoms with van der Waals surface area (Å²) in [6.07, 6.45) is 7.81. The van der Waals surface area contributed by atoms with E-state index in [1.54, 1.807) is 105 Å². The molecule has 3 aromatic heterocycles. The second kappa shape index (κ2) is 50.8. The number of aliphatic hydroxyl groups excluding tert-OH is 2. The number of aliphatic hydroxyl groups is 2. The Morgan fingerprint density at radius 3 is 1.69 bits per heavy atom. The first-order valence-corrected chi connectivity index (χ1v) is 45.3. The Morgan fingerprint density at radius 2 is 1.08 bits per heavy atom. The molecule has 6 aromatic rings. The van der Waals surface area contributed by atoms with Crippen molar-refractivity contribution in [1.82, 2.24) is 103 Å². The van der Waals surface area contributed by atoms with Crippen LogP contribution in [0.15, 0.2) is 104 Å². The molecule has 0 bridgehead atoms. The van der Waals surface area contributed by atoms with Crippen LogP contribution in [-0.4, -0.2) is 313 Å². The van der Waals surface area contributed by atoms with Crippen molar-refractivity contribution in [3.8, 4) is 0 Å². The number of nitrogens with zero attached hydrogens (tertiary/aromatic N) is 6. The number of rotatable bonds is 26. The molecule has 3 aromatic carbocycles. The van der Waals surface area contributed by atoms with Crippen LogP contribution in [0.5, 0.6) is 0 Å². The number of para-hydroxylation sites is 2. The van der Waals surface area contributed by atoms with E-state index >= 15 is 24.0 Å². The minimum absolute atomic E-state index is 0.00434. The van der Waals surface area contributed by atoms with Gasteiger partial charge in [-0.25, -0.2) is 4.98 Å². The van der Waals surface area contributed by atoms with Gasteiger partial charge in [0.25, 0.3) is 0 Å². The third-order valence-electron chi connectivity index (χ3n) is 23.2. The number of primary amides is 1. The van der Waals surface area contributed by atoms with Gasteiger partial charge in [-0.3, -0.25) is 82.1 Å². The molecule has 0 spiro atoms. The first kappa shape index (κ1) is 103. The average Bonchev–Trinajstić information content (AvgIpc) is 1.26. The normalized spacial score (nSPS) is 23.6. The number of aromatic nitrogens is 4. The second-order valence-electron chi connectivity index (χ2n) is 33.5. The maximum Gasteiger partial charge on any atom is 0.248 e. The molecule has 41 nitrogen and oxygen atoms in total. The molecule has 2 aliphatic heterocycles. The largest absolute Gasteiger partial charge is 0.394 e. The summed E-state index contributed by atoms with van der Waals surface area (Å²) in [4.78, 5) is 254. The highest BCUT2D eigenvalue weighted by atomic mass is 32.2. The van der Waals surface area contributed by atoms with Crippen LogP contribution in [0, 0.1) is 11.3 Å². The van der Waals surface area contributed by atoms with Gasteiger partial charge in [0.15, 0.2) is 5.96 Å². The van der Waals surface area contributed by atoms with E-state index in [1.807, 2.05) is 13.8 Å². The van der Waals surface area contributed by atoms with E-state index in [-0.39, 0.29) is 89.6 Å². The number of imidazole rings is 1. The molecule has 8 rings (SSSR count). The molecule has 0 saturated carbocycles. The van der Waals surface area contributed by atoms with Gasteiger partial charge in [0, 0.05) is 119 Å². The molecule has 5 heterocycles. The Balaban J connectivity index is 1.18. The fraction of sp³-hybridized carbons (Fsp3) is 0.528. The van der Waals surface area contributed by atoms with E-state index in [9.17, 15) is 63.0 Å². The highest BCUT2D eigenvalue weighted by Gasteiger charge is 2.44. The fourth-order valence-electron chi connectivity index (χ4n) is 15.8. The number of aromatic amines is 3. The van der Waals surface area contributed by atoms with Crippen LogP contribution in [0.1, 0.15) is 134 Å². The zero-order chi connectivity index (χ0) is 95.7. The van der Waals surface area contributed by atoms with Gasteiger partial charge in [-0.2, -0.15) is 0 Å². The Kier molecular flexibility index (Phi) is 40.1. The molecular formula is C89H127N23O18S. The van der Waals surface area contributed by atoms with Crippen molar-refractivity contribution in [1.29, 1.82) is 5.41 Å². The molecule has 0 unspecified atom stereocenters. The number of carbonyl (C=O) groups is 16. The van der Waals surface area contributed by atoms with Crippen LogP contribution in [0.4, 0.5) is 0 Å². The van der Waals surface area contributed by atoms with E-state index in [2.05, 4.69) is 78.4 Å². The monoisotopic (exact) mass is 1840 g/mol. The van der Waals surface area contributed by atoms with Crippen molar-refractivity contribution in [2.24, 2.45) is 17.4 Å². The molecule has 2 saturated heterocycles. The van der Waals surface area contributed by atoms with Crippen LogP contribution in [0.3, 0.4) is 0 Å². The zero-order valence-corrected chi connectivity index (χ0v) is 76.4. The van der Waals surface area contributed by atoms with Gasteiger partial charge in [0.05, 0.1) is 38.4 Å². The second-order valence-corrected chi connectivity index (χ2v) is 34.6. The molecule has 131 heavy (non-hydrogen) atoms. The van der Waals surface area contributed by atoms with Crippen molar-refractivity contribution in [3.63, 3.8) is 0 Å². The third-order valence-corrected chi connectivity index (χ3v) is 24.2. The maximum atomic E-state index is 15.8. The third kappa shape index (κ3) is 30.0. The van der Waals surface area contributed by atoms with E-state index in [0.717, 1.165) is 26.5 Å². The molecule has 13 atom stereocenters. The number of fused-ring (bicyclic) bond motifs is 3. The highest BCUT2D eigenvalue weighted by Crippen LogP contribution is 2.26. The lowest BCUT2D eigenvalue weighted by Crippen LogP contribution is -2.61. The Hall–Kier alpha value is -13.0. The van der Waals surface area contributed by atoms with Gasteiger partial charge in [-0.15, -0.1) is 11.8 Å². The minimum Gasteiger partial charge on any atom is -0.394 e. The van der Waals surface area contributed by atoms with Crippen LogP contribution in [0.2, 0.25) is 0 Å². The predicted molar refractivity (Wildman–Crippen MR) is 488 cm³/mol. The molecule has 2 fully saturated rings. The lowest BCUT2D eigenvalue weighted by Gasteiger charge is -2.36.